The van der Waals surface area contributed by atoms with Crippen molar-refractivity contribution in [3.05, 3.63) is 29.8 Å². The molecule has 26 heavy (non-hydrogen) atoms. The fourth-order valence-electron chi connectivity index (χ4n) is 4.23. The molecule has 1 aromatic rings. The lowest BCUT2D eigenvalue weighted by molar-refractivity contribution is -0.136. The van der Waals surface area contributed by atoms with Crippen molar-refractivity contribution in [1.82, 2.24) is 4.90 Å². The first kappa shape index (κ1) is 21.0. The van der Waals surface area contributed by atoms with Crippen molar-refractivity contribution in [1.29, 1.82) is 0 Å². The molecule has 2 fully saturated rings. The third-order valence-corrected chi connectivity index (χ3v) is 5.82. The molecule has 0 aromatic heterocycles. The van der Waals surface area contributed by atoms with Crippen LogP contribution in [0.3, 0.4) is 0 Å². The maximum Gasteiger partial charge on any atom is 0.225 e. The Morgan fingerprint density at radius 1 is 1.15 bits per heavy atom. The van der Waals surface area contributed by atoms with Crippen molar-refractivity contribution in [2.75, 3.05) is 19.7 Å². The van der Waals surface area contributed by atoms with Gasteiger partial charge >= 0.3 is 0 Å². The highest BCUT2D eigenvalue weighted by Gasteiger charge is 2.32. The third-order valence-electron chi connectivity index (χ3n) is 5.82. The van der Waals surface area contributed by atoms with Gasteiger partial charge in [-0.2, -0.15) is 0 Å². The van der Waals surface area contributed by atoms with Crippen LogP contribution in [0.1, 0.15) is 51.0 Å². The van der Waals surface area contributed by atoms with E-state index in [1.807, 2.05) is 6.92 Å². The summed E-state index contributed by atoms with van der Waals surface area (Å²) in [6, 6.07) is 8.71. The fraction of sp³-hybridized carbons (Fsp3) is 0.667. The van der Waals surface area contributed by atoms with Gasteiger partial charge in [-0.25, -0.2) is 0 Å². The van der Waals surface area contributed by atoms with E-state index in [0.29, 0.717) is 12.5 Å². The van der Waals surface area contributed by atoms with E-state index in [9.17, 15) is 4.79 Å². The van der Waals surface area contributed by atoms with Gasteiger partial charge < -0.3 is 15.4 Å². The minimum Gasteiger partial charge on any atom is -0.494 e. The summed E-state index contributed by atoms with van der Waals surface area (Å²) < 4.78 is 5.49. The summed E-state index contributed by atoms with van der Waals surface area (Å²) in [6.45, 7) is 4.58. The van der Waals surface area contributed by atoms with Crippen LogP contribution in [0, 0.1) is 11.8 Å². The van der Waals surface area contributed by atoms with E-state index in [0.717, 1.165) is 63.3 Å². The number of carbonyl (C=O) groups is 1. The summed E-state index contributed by atoms with van der Waals surface area (Å²) in [7, 11) is 0. The molecule has 2 N–H and O–H groups in total. The van der Waals surface area contributed by atoms with Crippen LogP contribution >= 0.6 is 12.4 Å². The molecule has 1 aromatic carbocycles. The number of hydrogen-bond acceptors (Lipinski definition) is 3. The molecule has 0 spiro atoms. The summed E-state index contributed by atoms with van der Waals surface area (Å²) in [5.41, 5.74) is 7.33. The predicted molar refractivity (Wildman–Crippen MR) is 108 cm³/mol. The number of benzene rings is 1. The minimum atomic E-state index is 0. The van der Waals surface area contributed by atoms with Crippen molar-refractivity contribution in [2.24, 2.45) is 17.6 Å². The average Bonchev–Trinajstić information content (AvgIpc) is 3.08. The zero-order valence-corrected chi connectivity index (χ0v) is 16.7. The molecular formula is C21H33ClN2O2. The molecule has 1 heterocycles. The van der Waals surface area contributed by atoms with Crippen LogP contribution in [-0.4, -0.2) is 36.5 Å². The van der Waals surface area contributed by atoms with Crippen LogP contribution in [0.4, 0.5) is 0 Å². The molecule has 146 valence electrons. The van der Waals surface area contributed by atoms with Crippen molar-refractivity contribution >= 4 is 18.3 Å². The Hall–Kier alpha value is -1.26. The normalized spacial score (nSPS) is 23.5. The number of nitrogens with two attached hydrogens (primary N) is 1. The van der Waals surface area contributed by atoms with Gasteiger partial charge in [-0.15, -0.1) is 12.4 Å². The molecule has 4 nitrogen and oxygen atoms in total. The zero-order chi connectivity index (χ0) is 17.6. The highest BCUT2D eigenvalue weighted by molar-refractivity contribution is 5.85. The second-order valence-corrected chi connectivity index (χ2v) is 7.65. The van der Waals surface area contributed by atoms with E-state index in [4.69, 9.17) is 10.5 Å². The maximum absolute atomic E-state index is 12.6. The lowest BCUT2D eigenvalue weighted by atomic mass is 9.90. The molecule has 0 bridgehead atoms. The van der Waals surface area contributed by atoms with Gasteiger partial charge in [0.15, 0.2) is 0 Å². The molecule has 0 radical (unpaired) electrons. The quantitative estimate of drug-likeness (QED) is 0.816. The Morgan fingerprint density at radius 3 is 2.42 bits per heavy atom. The zero-order valence-electron chi connectivity index (χ0n) is 15.9. The molecule has 1 amide bonds. The average molecular weight is 381 g/mol. The highest BCUT2D eigenvalue weighted by atomic mass is 35.5. The van der Waals surface area contributed by atoms with Gasteiger partial charge in [0.25, 0.3) is 0 Å². The van der Waals surface area contributed by atoms with Gasteiger partial charge in [0.2, 0.25) is 5.91 Å². The van der Waals surface area contributed by atoms with Crippen molar-refractivity contribution < 1.29 is 9.53 Å². The van der Waals surface area contributed by atoms with Crippen LogP contribution in [0.5, 0.6) is 5.75 Å². The smallest absolute Gasteiger partial charge is 0.225 e. The Kier molecular flexibility index (Phi) is 8.23. The number of carbonyl (C=O) groups excluding carboxylic acids is 1. The number of hydrogen-bond donors (Lipinski definition) is 1. The number of amides is 1. The molecule has 5 heteroatoms. The molecular weight excluding hydrogens is 348 g/mol. The molecule has 1 saturated carbocycles. The second-order valence-electron chi connectivity index (χ2n) is 7.65. The molecule has 1 saturated heterocycles. The van der Waals surface area contributed by atoms with Crippen LogP contribution < -0.4 is 10.5 Å². The van der Waals surface area contributed by atoms with E-state index in [1.54, 1.807) is 0 Å². The van der Waals surface area contributed by atoms with Crippen LogP contribution in [-0.2, 0) is 11.2 Å². The van der Waals surface area contributed by atoms with Gasteiger partial charge in [0.05, 0.1) is 6.61 Å². The lowest BCUT2D eigenvalue weighted by Gasteiger charge is -2.33. The fourth-order valence-corrected chi connectivity index (χ4v) is 4.23. The number of nitrogens with zero attached hydrogens (tertiary/aromatic N) is 1. The molecule has 1 aliphatic carbocycles. The van der Waals surface area contributed by atoms with Crippen LogP contribution in [0.2, 0.25) is 0 Å². The summed E-state index contributed by atoms with van der Waals surface area (Å²) in [5.74, 6) is 2.24. The van der Waals surface area contributed by atoms with Gasteiger partial charge in [-0.05, 0) is 75.5 Å². The first-order valence-electron chi connectivity index (χ1n) is 9.91. The third kappa shape index (κ3) is 5.62. The van der Waals surface area contributed by atoms with Crippen molar-refractivity contribution in [3.8, 4) is 5.75 Å². The van der Waals surface area contributed by atoms with Gasteiger partial charge in [-0.3, -0.25) is 4.79 Å². The van der Waals surface area contributed by atoms with E-state index in [2.05, 4.69) is 29.2 Å². The Labute approximate surface area is 163 Å². The highest BCUT2D eigenvalue weighted by Crippen LogP contribution is 2.29. The monoisotopic (exact) mass is 380 g/mol. The van der Waals surface area contributed by atoms with E-state index in [-0.39, 0.29) is 24.4 Å². The molecule has 3 rings (SSSR count). The number of halogens is 1. The Bertz CT molecular complexity index is 556. The SMILES string of the molecule is CCOc1ccc(CCC2CCN(C(=O)C3CCC(N)C3)CC2)cc1.Cl. The van der Waals surface area contributed by atoms with Crippen LogP contribution in [0.15, 0.2) is 24.3 Å². The van der Waals surface area contributed by atoms with Crippen LogP contribution in [0.25, 0.3) is 0 Å². The Balaban J connectivity index is 0.00000243. The topological polar surface area (TPSA) is 55.6 Å². The Morgan fingerprint density at radius 2 is 1.85 bits per heavy atom. The van der Waals surface area contributed by atoms with Gasteiger partial charge in [0, 0.05) is 25.0 Å². The lowest BCUT2D eigenvalue weighted by Crippen LogP contribution is -2.41. The van der Waals surface area contributed by atoms with Crippen molar-refractivity contribution in [3.63, 3.8) is 0 Å². The van der Waals surface area contributed by atoms with E-state index >= 15 is 0 Å². The van der Waals surface area contributed by atoms with Crippen molar-refractivity contribution in [2.45, 2.75) is 57.9 Å². The standard InChI is InChI=1S/C21H32N2O2.ClH/c1-2-25-20-9-5-16(6-10-20)3-4-17-11-13-23(14-12-17)21(24)18-7-8-19(22)15-18;/h5-6,9-10,17-19H,2-4,7-8,11-15,22H2,1H3;1H. The summed E-state index contributed by atoms with van der Waals surface area (Å²) in [6.07, 6.45) is 7.49. The second kappa shape index (κ2) is 10.2. The van der Waals surface area contributed by atoms with E-state index in [1.165, 1.54) is 12.0 Å². The number of rotatable bonds is 6. The molecule has 1 aliphatic heterocycles. The van der Waals surface area contributed by atoms with Gasteiger partial charge in [-0.1, -0.05) is 12.1 Å². The number of piperidine rings is 1. The number of likely N-dealkylation sites (tertiary alicyclic amines) is 1. The number of ether oxygens (including phenoxy) is 1. The minimum absolute atomic E-state index is 0. The number of aryl methyl sites for hydroxylation is 1. The molecule has 2 atom stereocenters. The predicted octanol–water partition coefficient (Wildman–Crippen LogP) is 3.81. The summed E-state index contributed by atoms with van der Waals surface area (Å²) in [4.78, 5) is 14.7. The first-order valence-corrected chi connectivity index (χ1v) is 9.91. The first-order chi connectivity index (χ1) is 12.2. The summed E-state index contributed by atoms with van der Waals surface area (Å²) in [5, 5.41) is 0. The van der Waals surface area contributed by atoms with E-state index < -0.39 is 0 Å². The maximum atomic E-state index is 12.6. The largest absolute Gasteiger partial charge is 0.494 e. The van der Waals surface area contributed by atoms with Gasteiger partial charge in [0.1, 0.15) is 5.75 Å². The molecule has 2 aliphatic rings. The summed E-state index contributed by atoms with van der Waals surface area (Å²) >= 11 is 0. The molecule has 2 unspecified atom stereocenters.